The molecule has 4 rings (SSSR count). The van der Waals surface area contributed by atoms with Crippen molar-refractivity contribution < 1.29 is 14.3 Å². The number of amides is 1. The van der Waals surface area contributed by atoms with Crippen LogP contribution in [0.1, 0.15) is 55.8 Å². The Balaban J connectivity index is 1.68. The highest BCUT2D eigenvalue weighted by Gasteiger charge is 2.33. The number of pyridine rings is 1. The third-order valence-corrected chi connectivity index (χ3v) is 6.31. The van der Waals surface area contributed by atoms with Crippen LogP contribution < -0.4 is 10.6 Å². The average molecular weight is 467 g/mol. The molecule has 0 bridgehead atoms. The quantitative estimate of drug-likeness (QED) is 0.599. The number of ether oxygens (including phenoxy) is 1. The second-order valence-electron chi connectivity index (χ2n) is 8.17. The molecule has 1 saturated carbocycles. The molecule has 1 aliphatic carbocycles. The van der Waals surface area contributed by atoms with Crippen molar-refractivity contribution in [3.63, 3.8) is 0 Å². The number of halogens is 1. The molecule has 2 aromatic rings. The number of aliphatic imine (C=N–C) groups is 1. The molecule has 172 valence electrons. The first kappa shape index (κ1) is 23.0. The number of hydrogen-bond acceptors (Lipinski definition) is 6. The van der Waals surface area contributed by atoms with Gasteiger partial charge in [0.1, 0.15) is 11.7 Å². The highest BCUT2D eigenvalue weighted by molar-refractivity contribution is 6.31. The molecule has 1 amide bonds. The van der Waals surface area contributed by atoms with E-state index in [0.29, 0.717) is 39.8 Å². The second kappa shape index (κ2) is 10.6. The molecule has 2 aliphatic rings. The molecule has 1 unspecified atom stereocenters. The van der Waals surface area contributed by atoms with Crippen molar-refractivity contribution in [3.8, 4) is 0 Å². The highest BCUT2D eigenvalue weighted by Crippen LogP contribution is 2.36. The molecule has 0 saturated heterocycles. The Bertz CT molecular complexity index is 1080. The van der Waals surface area contributed by atoms with E-state index in [1.54, 1.807) is 12.3 Å². The number of hydrogen-bond donors (Lipinski definition) is 2. The van der Waals surface area contributed by atoms with E-state index in [0.717, 1.165) is 25.7 Å². The zero-order chi connectivity index (χ0) is 23.2. The lowest BCUT2D eigenvalue weighted by Crippen LogP contribution is -2.36. The van der Waals surface area contributed by atoms with Crippen molar-refractivity contribution in [1.82, 2.24) is 15.6 Å². The first-order valence-corrected chi connectivity index (χ1v) is 11.6. The van der Waals surface area contributed by atoms with Gasteiger partial charge in [0.15, 0.2) is 5.84 Å². The molecule has 1 fully saturated rings. The maximum Gasteiger partial charge on any atom is 0.338 e. The largest absolute Gasteiger partial charge is 0.466 e. The number of nitrogens with one attached hydrogen (secondary N) is 2. The summed E-state index contributed by atoms with van der Waals surface area (Å²) in [5, 5.41) is 6.84. The molecule has 1 aliphatic heterocycles. The van der Waals surface area contributed by atoms with Crippen molar-refractivity contribution in [2.24, 2.45) is 4.99 Å². The van der Waals surface area contributed by atoms with Gasteiger partial charge in [-0.2, -0.15) is 0 Å². The zero-order valence-corrected chi connectivity index (χ0v) is 19.3. The van der Waals surface area contributed by atoms with Crippen LogP contribution in [0.25, 0.3) is 0 Å². The van der Waals surface area contributed by atoms with Gasteiger partial charge in [0.2, 0.25) is 5.91 Å². The Kier molecular flexibility index (Phi) is 7.40. The van der Waals surface area contributed by atoms with E-state index >= 15 is 0 Å². The number of aromatic nitrogens is 1. The van der Waals surface area contributed by atoms with Crippen molar-refractivity contribution >= 4 is 29.3 Å². The Labute approximate surface area is 198 Å². The van der Waals surface area contributed by atoms with Gasteiger partial charge in [-0.15, -0.1) is 0 Å². The topological polar surface area (TPSA) is 92.7 Å². The van der Waals surface area contributed by atoms with Gasteiger partial charge >= 0.3 is 5.97 Å². The molecule has 1 atom stereocenters. The van der Waals surface area contributed by atoms with Crippen LogP contribution >= 0.6 is 11.6 Å². The van der Waals surface area contributed by atoms with Crippen LogP contribution in [0.4, 0.5) is 0 Å². The minimum atomic E-state index is -0.683. The van der Waals surface area contributed by atoms with Crippen LogP contribution in [-0.2, 0) is 14.3 Å². The maximum absolute atomic E-state index is 12.9. The van der Waals surface area contributed by atoms with Crippen molar-refractivity contribution in [2.45, 2.75) is 50.6 Å². The fourth-order valence-corrected chi connectivity index (χ4v) is 4.55. The Morgan fingerprint density at radius 2 is 1.91 bits per heavy atom. The lowest BCUT2D eigenvalue weighted by atomic mass is 9.93. The zero-order valence-electron chi connectivity index (χ0n) is 18.5. The van der Waals surface area contributed by atoms with E-state index in [1.807, 2.05) is 36.4 Å². The summed E-state index contributed by atoms with van der Waals surface area (Å²) in [7, 11) is 1.33. The minimum Gasteiger partial charge on any atom is -0.466 e. The highest BCUT2D eigenvalue weighted by atomic mass is 35.5. The van der Waals surface area contributed by atoms with Gasteiger partial charge in [0.05, 0.1) is 12.7 Å². The number of esters is 1. The molecule has 8 heteroatoms. The van der Waals surface area contributed by atoms with E-state index in [4.69, 9.17) is 21.3 Å². The van der Waals surface area contributed by atoms with Crippen molar-refractivity contribution in [2.75, 3.05) is 7.11 Å². The number of benzene rings is 1. The summed E-state index contributed by atoms with van der Waals surface area (Å²) in [6.45, 7) is 0. The summed E-state index contributed by atoms with van der Waals surface area (Å²) in [4.78, 5) is 34.7. The normalized spacial score (nSPS) is 18.5. The summed E-state index contributed by atoms with van der Waals surface area (Å²) in [6.07, 6.45) is 6.58. The molecule has 33 heavy (non-hydrogen) atoms. The molecular weight excluding hydrogens is 440 g/mol. The number of allylic oxidation sites excluding steroid dienone is 1. The lowest BCUT2D eigenvalue weighted by Gasteiger charge is -2.28. The van der Waals surface area contributed by atoms with E-state index in [9.17, 15) is 9.59 Å². The smallest absolute Gasteiger partial charge is 0.338 e. The van der Waals surface area contributed by atoms with Crippen molar-refractivity contribution in [1.29, 1.82) is 0 Å². The van der Waals surface area contributed by atoms with Gasteiger partial charge in [-0.05, 0) is 37.5 Å². The maximum atomic E-state index is 12.9. The number of rotatable bonds is 7. The molecular formula is C25H27ClN4O3. The number of nitrogens with zero attached hydrogens (tertiary/aromatic N) is 2. The van der Waals surface area contributed by atoms with Gasteiger partial charge in [-0.3, -0.25) is 14.8 Å². The number of methoxy groups -OCH3 is 1. The first-order valence-electron chi connectivity index (χ1n) is 11.2. The summed E-state index contributed by atoms with van der Waals surface area (Å²) in [5.74, 6) is -0.0292. The Morgan fingerprint density at radius 3 is 2.61 bits per heavy atom. The average Bonchev–Trinajstić information content (AvgIpc) is 3.35. The van der Waals surface area contributed by atoms with E-state index in [-0.39, 0.29) is 18.4 Å². The van der Waals surface area contributed by atoms with Crippen LogP contribution in [0, 0.1) is 0 Å². The van der Waals surface area contributed by atoms with E-state index in [1.165, 1.54) is 7.11 Å². The van der Waals surface area contributed by atoms with Crippen LogP contribution in [-0.4, -0.2) is 35.8 Å². The summed E-state index contributed by atoms with van der Waals surface area (Å²) < 4.78 is 5.10. The number of amidine groups is 1. The second-order valence-corrected chi connectivity index (χ2v) is 8.58. The van der Waals surface area contributed by atoms with Crippen LogP contribution in [0.3, 0.4) is 0 Å². The Hall–Kier alpha value is -3.19. The van der Waals surface area contributed by atoms with Gasteiger partial charge < -0.3 is 15.4 Å². The molecule has 0 radical (unpaired) electrons. The third kappa shape index (κ3) is 5.42. The summed E-state index contributed by atoms with van der Waals surface area (Å²) >= 11 is 6.49. The van der Waals surface area contributed by atoms with Crippen LogP contribution in [0.2, 0.25) is 5.02 Å². The fraction of sp³-hybridized carbons (Fsp3) is 0.360. The number of carbonyl (C=O) groups is 2. The molecule has 2 N–H and O–H groups in total. The van der Waals surface area contributed by atoms with Gasteiger partial charge in [0, 0.05) is 34.9 Å². The van der Waals surface area contributed by atoms with Crippen LogP contribution in [0.5, 0.6) is 0 Å². The van der Waals surface area contributed by atoms with Crippen LogP contribution in [0.15, 0.2) is 64.9 Å². The molecule has 1 aromatic carbocycles. The molecule has 0 spiro atoms. The number of carbonyl (C=O) groups excluding carboxylic acids is 2. The third-order valence-electron chi connectivity index (χ3n) is 5.96. The van der Waals surface area contributed by atoms with Gasteiger partial charge in [0.25, 0.3) is 0 Å². The fourth-order valence-electron chi connectivity index (χ4n) is 4.31. The lowest BCUT2D eigenvalue weighted by molar-refractivity contribution is -0.136. The summed E-state index contributed by atoms with van der Waals surface area (Å²) in [5.41, 5.74) is 2.25. The monoisotopic (exact) mass is 466 g/mol. The van der Waals surface area contributed by atoms with E-state index < -0.39 is 12.0 Å². The summed E-state index contributed by atoms with van der Waals surface area (Å²) in [6, 6.07) is 12.4. The minimum absolute atomic E-state index is 0.0309. The predicted octanol–water partition coefficient (Wildman–Crippen LogP) is 4.09. The standard InChI is InChI=1S/C25H27ClN4O3/c1-33-25(32)22-19(13-14-21(31)28-16-8-2-3-9-16)29-24(20-12-6-7-15-27-20)30-23(22)17-10-4-5-11-18(17)26/h4-7,10-12,15-16,23H,2-3,8-9,13-14H2,1H3,(H,28,31)(H,29,30). The van der Waals surface area contributed by atoms with Gasteiger partial charge in [-0.1, -0.05) is 48.7 Å². The predicted molar refractivity (Wildman–Crippen MR) is 127 cm³/mol. The first-order chi connectivity index (χ1) is 16.1. The van der Waals surface area contributed by atoms with Gasteiger partial charge in [-0.25, -0.2) is 4.79 Å². The Morgan fingerprint density at radius 1 is 1.15 bits per heavy atom. The molecule has 2 heterocycles. The van der Waals surface area contributed by atoms with Crippen molar-refractivity contribution in [3.05, 3.63) is 76.2 Å². The molecule has 1 aromatic heterocycles. The van der Waals surface area contributed by atoms with E-state index in [2.05, 4.69) is 15.6 Å². The molecule has 7 nitrogen and oxygen atoms in total. The SMILES string of the molecule is COC(=O)C1=C(CCC(=O)NC2CCCC2)NC(c2ccccn2)=NC1c1ccccc1Cl.